The van der Waals surface area contributed by atoms with Gasteiger partial charge in [0.25, 0.3) is 0 Å². The molecule has 2 aromatic carbocycles. The van der Waals surface area contributed by atoms with Crippen LogP contribution in [0.2, 0.25) is 0 Å². The first-order chi connectivity index (χ1) is 9.65. The summed E-state index contributed by atoms with van der Waals surface area (Å²) in [6.45, 7) is 2.65. The molecule has 0 saturated heterocycles. The van der Waals surface area contributed by atoms with Crippen molar-refractivity contribution in [3.05, 3.63) is 59.2 Å². The van der Waals surface area contributed by atoms with Gasteiger partial charge in [-0.25, -0.2) is 8.78 Å². The summed E-state index contributed by atoms with van der Waals surface area (Å²) in [4.78, 5) is 0. The van der Waals surface area contributed by atoms with Gasteiger partial charge in [-0.2, -0.15) is 0 Å². The summed E-state index contributed by atoms with van der Waals surface area (Å²) in [5.41, 5.74) is 3.15. The van der Waals surface area contributed by atoms with Crippen LogP contribution in [0.3, 0.4) is 0 Å². The lowest BCUT2D eigenvalue weighted by Crippen LogP contribution is -2.16. The molecule has 0 unspecified atom stereocenters. The Morgan fingerprint density at radius 2 is 1.90 bits per heavy atom. The normalized spacial score (nSPS) is 14.6. The maximum Gasteiger partial charge on any atom is 0.166 e. The van der Waals surface area contributed by atoms with E-state index in [9.17, 15) is 8.78 Å². The molecule has 2 aromatic rings. The molecule has 0 amide bonds. The summed E-state index contributed by atoms with van der Waals surface area (Å²) in [5, 5.41) is 3.42. The second kappa shape index (κ2) is 5.33. The molecular weight excluding hydrogens is 256 g/mol. The van der Waals surface area contributed by atoms with Crippen LogP contribution in [0.5, 0.6) is 0 Å². The van der Waals surface area contributed by atoms with Crippen molar-refractivity contribution in [2.45, 2.75) is 32.4 Å². The number of aryl methyl sites for hydroxylation is 1. The number of rotatable bonds is 4. The number of benzene rings is 2. The van der Waals surface area contributed by atoms with Crippen LogP contribution in [0.25, 0.3) is 11.1 Å². The maximum absolute atomic E-state index is 14.0. The van der Waals surface area contributed by atoms with Gasteiger partial charge in [0.1, 0.15) is 0 Å². The largest absolute Gasteiger partial charge is 0.310 e. The predicted molar refractivity (Wildman–Crippen MR) is 76.4 cm³/mol. The summed E-state index contributed by atoms with van der Waals surface area (Å²) < 4.78 is 27.4. The van der Waals surface area contributed by atoms with Crippen LogP contribution in [-0.4, -0.2) is 6.04 Å². The second-order valence-corrected chi connectivity index (χ2v) is 5.42. The van der Waals surface area contributed by atoms with Gasteiger partial charge < -0.3 is 5.32 Å². The van der Waals surface area contributed by atoms with Crippen molar-refractivity contribution in [1.29, 1.82) is 0 Å². The van der Waals surface area contributed by atoms with Crippen LogP contribution in [0.1, 0.15) is 24.0 Å². The molecule has 104 valence electrons. The summed E-state index contributed by atoms with van der Waals surface area (Å²) in [7, 11) is 0. The molecule has 0 heterocycles. The number of nitrogens with one attached hydrogen (secondary N) is 1. The summed E-state index contributed by atoms with van der Waals surface area (Å²) in [6, 6.07) is 10.8. The fraction of sp³-hybridized carbons (Fsp3) is 0.294. The number of hydrogen-bond acceptors (Lipinski definition) is 1. The van der Waals surface area contributed by atoms with Crippen LogP contribution in [-0.2, 0) is 6.54 Å². The van der Waals surface area contributed by atoms with Crippen LogP contribution >= 0.6 is 0 Å². The van der Waals surface area contributed by atoms with Crippen LogP contribution in [0, 0.1) is 18.6 Å². The Labute approximate surface area is 117 Å². The Balaban J connectivity index is 2.01. The Morgan fingerprint density at radius 3 is 2.65 bits per heavy atom. The fourth-order valence-electron chi connectivity index (χ4n) is 2.35. The van der Waals surface area contributed by atoms with E-state index in [0.29, 0.717) is 18.2 Å². The molecule has 1 saturated carbocycles. The quantitative estimate of drug-likeness (QED) is 0.880. The van der Waals surface area contributed by atoms with E-state index < -0.39 is 11.6 Å². The Kier molecular flexibility index (Phi) is 3.53. The van der Waals surface area contributed by atoms with Gasteiger partial charge in [0, 0.05) is 18.2 Å². The number of halogens is 2. The maximum atomic E-state index is 14.0. The molecule has 1 aliphatic carbocycles. The van der Waals surface area contributed by atoms with Gasteiger partial charge >= 0.3 is 0 Å². The van der Waals surface area contributed by atoms with E-state index in [1.807, 2.05) is 25.1 Å². The lowest BCUT2D eigenvalue weighted by atomic mass is 9.97. The van der Waals surface area contributed by atoms with Gasteiger partial charge in [0.15, 0.2) is 11.6 Å². The van der Waals surface area contributed by atoms with E-state index in [4.69, 9.17) is 0 Å². The third-order valence-corrected chi connectivity index (χ3v) is 3.67. The molecule has 0 aliphatic heterocycles. The molecule has 0 spiro atoms. The van der Waals surface area contributed by atoms with Crippen molar-refractivity contribution < 1.29 is 8.78 Å². The molecule has 0 bridgehead atoms. The molecule has 0 radical (unpaired) electrons. The molecule has 1 N–H and O–H groups in total. The van der Waals surface area contributed by atoms with Gasteiger partial charge in [-0.05, 0) is 37.0 Å². The molecule has 3 heteroatoms. The van der Waals surface area contributed by atoms with Crippen LogP contribution < -0.4 is 5.32 Å². The van der Waals surface area contributed by atoms with Gasteiger partial charge in [0.05, 0.1) is 0 Å². The average molecular weight is 273 g/mol. The summed E-state index contributed by atoms with van der Waals surface area (Å²) in [6.07, 6.45) is 2.41. The Morgan fingerprint density at radius 1 is 1.10 bits per heavy atom. The Bertz CT molecular complexity index is 633. The lowest BCUT2D eigenvalue weighted by molar-refractivity contribution is 0.511. The van der Waals surface area contributed by atoms with Gasteiger partial charge in [-0.1, -0.05) is 35.9 Å². The zero-order valence-corrected chi connectivity index (χ0v) is 11.4. The van der Waals surface area contributed by atoms with Crippen molar-refractivity contribution in [2.24, 2.45) is 0 Å². The zero-order chi connectivity index (χ0) is 14.1. The van der Waals surface area contributed by atoms with E-state index in [1.165, 1.54) is 12.8 Å². The standard InChI is InChI=1S/C17H17F2N/c1-11-5-6-12(10-20-13-7-8-13)15(9-11)14-3-2-4-16(18)17(14)19/h2-6,9,13,20H,7-8,10H2,1H3. The Hall–Kier alpha value is -1.74. The second-order valence-electron chi connectivity index (χ2n) is 5.42. The van der Waals surface area contributed by atoms with Crippen molar-refractivity contribution in [2.75, 3.05) is 0 Å². The molecule has 1 nitrogen and oxygen atoms in total. The van der Waals surface area contributed by atoms with E-state index in [1.54, 1.807) is 12.1 Å². The zero-order valence-electron chi connectivity index (χ0n) is 11.4. The molecule has 20 heavy (non-hydrogen) atoms. The first-order valence-electron chi connectivity index (χ1n) is 6.92. The van der Waals surface area contributed by atoms with E-state index in [-0.39, 0.29) is 0 Å². The van der Waals surface area contributed by atoms with Crippen molar-refractivity contribution in [1.82, 2.24) is 5.32 Å². The SMILES string of the molecule is Cc1ccc(CNC2CC2)c(-c2cccc(F)c2F)c1. The highest BCUT2D eigenvalue weighted by atomic mass is 19.2. The third-order valence-electron chi connectivity index (χ3n) is 3.67. The van der Waals surface area contributed by atoms with E-state index in [0.717, 1.165) is 22.8 Å². The molecule has 1 aliphatic rings. The lowest BCUT2D eigenvalue weighted by Gasteiger charge is -2.13. The summed E-state index contributed by atoms with van der Waals surface area (Å²) >= 11 is 0. The fourth-order valence-corrected chi connectivity index (χ4v) is 2.35. The smallest absolute Gasteiger partial charge is 0.166 e. The molecular formula is C17H17F2N. The molecule has 0 aromatic heterocycles. The summed E-state index contributed by atoms with van der Waals surface area (Å²) in [5.74, 6) is -1.57. The van der Waals surface area contributed by atoms with Gasteiger partial charge in [-0.15, -0.1) is 0 Å². The topological polar surface area (TPSA) is 12.0 Å². The van der Waals surface area contributed by atoms with Crippen LogP contribution in [0.4, 0.5) is 8.78 Å². The number of hydrogen-bond donors (Lipinski definition) is 1. The van der Waals surface area contributed by atoms with Crippen molar-refractivity contribution >= 4 is 0 Å². The highest BCUT2D eigenvalue weighted by Crippen LogP contribution is 2.29. The predicted octanol–water partition coefficient (Wildman–Crippen LogP) is 4.19. The first kappa shape index (κ1) is 13.3. The van der Waals surface area contributed by atoms with E-state index >= 15 is 0 Å². The highest BCUT2D eigenvalue weighted by Gasteiger charge is 2.21. The van der Waals surface area contributed by atoms with E-state index in [2.05, 4.69) is 5.32 Å². The average Bonchev–Trinajstić information content (AvgIpc) is 3.25. The minimum atomic E-state index is -0.801. The van der Waals surface area contributed by atoms with Gasteiger partial charge in [-0.3, -0.25) is 0 Å². The van der Waals surface area contributed by atoms with Crippen molar-refractivity contribution in [3.8, 4) is 11.1 Å². The van der Waals surface area contributed by atoms with Crippen molar-refractivity contribution in [3.63, 3.8) is 0 Å². The first-order valence-corrected chi connectivity index (χ1v) is 6.92. The van der Waals surface area contributed by atoms with Gasteiger partial charge in [0.2, 0.25) is 0 Å². The minimum Gasteiger partial charge on any atom is -0.310 e. The van der Waals surface area contributed by atoms with Crippen LogP contribution in [0.15, 0.2) is 36.4 Å². The highest BCUT2D eigenvalue weighted by molar-refractivity contribution is 5.69. The molecule has 3 rings (SSSR count). The molecule has 0 atom stereocenters. The third kappa shape index (κ3) is 2.73. The minimum absolute atomic E-state index is 0.335. The monoisotopic (exact) mass is 273 g/mol. The molecule has 1 fully saturated rings.